The van der Waals surface area contributed by atoms with Crippen LogP contribution in [0.4, 0.5) is 5.82 Å². The maximum Gasteiger partial charge on any atom is 0.147 e. The lowest BCUT2D eigenvalue weighted by Crippen LogP contribution is -2.21. The SMILES string of the molecule is Cc1nccnc1NCC1(C(C)C)CC1. The molecule has 1 aliphatic carbocycles. The largest absolute Gasteiger partial charge is 0.368 e. The molecule has 15 heavy (non-hydrogen) atoms. The molecular weight excluding hydrogens is 186 g/mol. The van der Waals surface area contributed by atoms with Crippen LogP contribution in [0.1, 0.15) is 32.4 Å². The molecule has 2 rings (SSSR count). The first-order valence-corrected chi connectivity index (χ1v) is 5.65. The highest BCUT2D eigenvalue weighted by Crippen LogP contribution is 2.51. The topological polar surface area (TPSA) is 37.8 Å². The molecular formula is C12H19N3. The van der Waals surface area contributed by atoms with E-state index in [2.05, 4.69) is 29.1 Å². The highest BCUT2D eigenvalue weighted by Gasteiger charge is 2.44. The molecule has 1 N–H and O–H groups in total. The van der Waals surface area contributed by atoms with Gasteiger partial charge in [0.15, 0.2) is 0 Å². The van der Waals surface area contributed by atoms with Gasteiger partial charge in [-0.15, -0.1) is 0 Å². The zero-order valence-electron chi connectivity index (χ0n) is 9.75. The Balaban J connectivity index is 1.97. The van der Waals surface area contributed by atoms with Gasteiger partial charge in [0, 0.05) is 18.9 Å². The van der Waals surface area contributed by atoms with Crippen LogP contribution >= 0.6 is 0 Å². The van der Waals surface area contributed by atoms with Crippen molar-refractivity contribution < 1.29 is 0 Å². The monoisotopic (exact) mass is 205 g/mol. The van der Waals surface area contributed by atoms with Gasteiger partial charge in [0.05, 0.1) is 5.69 Å². The molecule has 0 aliphatic heterocycles. The molecule has 0 saturated heterocycles. The number of aryl methyl sites for hydroxylation is 1. The Bertz CT molecular complexity index is 342. The van der Waals surface area contributed by atoms with E-state index < -0.39 is 0 Å². The fourth-order valence-electron chi connectivity index (χ4n) is 1.96. The summed E-state index contributed by atoms with van der Waals surface area (Å²) in [6, 6.07) is 0. The molecule has 1 saturated carbocycles. The lowest BCUT2D eigenvalue weighted by Gasteiger charge is -2.20. The lowest BCUT2D eigenvalue weighted by molar-refractivity contribution is 0.379. The number of hydrogen-bond acceptors (Lipinski definition) is 3. The zero-order chi connectivity index (χ0) is 10.9. The third-order valence-electron chi connectivity index (χ3n) is 3.61. The summed E-state index contributed by atoms with van der Waals surface area (Å²) in [5.74, 6) is 1.69. The molecule has 3 heteroatoms. The average molecular weight is 205 g/mol. The van der Waals surface area contributed by atoms with E-state index in [0.717, 1.165) is 24.0 Å². The molecule has 1 aromatic heterocycles. The number of nitrogens with one attached hydrogen (secondary N) is 1. The second-order valence-electron chi connectivity index (χ2n) is 4.86. The minimum atomic E-state index is 0.518. The Labute approximate surface area is 91.3 Å². The van der Waals surface area contributed by atoms with Gasteiger partial charge in [-0.3, -0.25) is 4.98 Å². The van der Waals surface area contributed by atoms with Crippen LogP contribution in [0.5, 0.6) is 0 Å². The minimum absolute atomic E-state index is 0.518. The predicted molar refractivity (Wildman–Crippen MR) is 61.8 cm³/mol. The van der Waals surface area contributed by atoms with Crippen molar-refractivity contribution in [3.05, 3.63) is 18.1 Å². The van der Waals surface area contributed by atoms with Crippen LogP contribution < -0.4 is 5.32 Å². The van der Waals surface area contributed by atoms with Gasteiger partial charge >= 0.3 is 0 Å². The summed E-state index contributed by atoms with van der Waals surface area (Å²) in [6.45, 7) is 7.63. The highest BCUT2D eigenvalue weighted by molar-refractivity contribution is 5.38. The van der Waals surface area contributed by atoms with Crippen LogP contribution in [0.2, 0.25) is 0 Å². The van der Waals surface area contributed by atoms with Crippen LogP contribution in [0.15, 0.2) is 12.4 Å². The molecule has 0 spiro atoms. The summed E-state index contributed by atoms with van der Waals surface area (Å²) < 4.78 is 0. The molecule has 1 fully saturated rings. The van der Waals surface area contributed by atoms with E-state index in [-0.39, 0.29) is 0 Å². The molecule has 1 heterocycles. The Morgan fingerprint density at radius 2 is 2.00 bits per heavy atom. The molecule has 1 aliphatic rings. The van der Waals surface area contributed by atoms with Gasteiger partial charge in [0.25, 0.3) is 0 Å². The van der Waals surface area contributed by atoms with Crippen molar-refractivity contribution in [1.29, 1.82) is 0 Å². The number of nitrogens with zero attached hydrogens (tertiary/aromatic N) is 2. The quantitative estimate of drug-likeness (QED) is 0.821. The van der Waals surface area contributed by atoms with E-state index in [9.17, 15) is 0 Å². The standard InChI is InChI=1S/C12H19N3/c1-9(2)12(4-5-12)8-15-11-10(3)13-6-7-14-11/h6-7,9H,4-5,8H2,1-3H3,(H,14,15). The Morgan fingerprint density at radius 3 is 2.53 bits per heavy atom. The number of aromatic nitrogens is 2. The van der Waals surface area contributed by atoms with Crippen molar-refractivity contribution in [2.45, 2.75) is 33.6 Å². The average Bonchev–Trinajstić information content (AvgIpc) is 2.98. The number of hydrogen-bond donors (Lipinski definition) is 1. The molecule has 3 nitrogen and oxygen atoms in total. The molecule has 0 radical (unpaired) electrons. The van der Waals surface area contributed by atoms with Crippen molar-refractivity contribution in [3.8, 4) is 0 Å². The maximum absolute atomic E-state index is 4.29. The van der Waals surface area contributed by atoms with E-state index in [1.807, 2.05) is 6.92 Å². The lowest BCUT2D eigenvalue weighted by atomic mass is 9.92. The number of rotatable bonds is 4. The number of anilines is 1. The Hall–Kier alpha value is -1.12. The van der Waals surface area contributed by atoms with E-state index >= 15 is 0 Å². The smallest absolute Gasteiger partial charge is 0.147 e. The van der Waals surface area contributed by atoms with Crippen LogP contribution in [-0.4, -0.2) is 16.5 Å². The normalized spacial score (nSPS) is 17.9. The van der Waals surface area contributed by atoms with Gasteiger partial charge in [-0.25, -0.2) is 4.98 Å². The summed E-state index contributed by atoms with van der Waals surface area (Å²) in [5, 5.41) is 3.42. The molecule has 82 valence electrons. The van der Waals surface area contributed by atoms with Crippen molar-refractivity contribution in [3.63, 3.8) is 0 Å². The summed E-state index contributed by atoms with van der Waals surface area (Å²) >= 11 is 0. The molecule has 0 atom stereocenters. The fraction of sp³-hybridized carbons (Fsp3) is 0.667. The first kappa shape index (κ1) is 10.4. The second-order valence-corrected chi connectivity index (χ2v) is 4.86. The molecule has 0 bridgehead atoms. The van der Waals surface area contributed by atoms with Crippen molar-refractivity contribution >= 4 is 5.82 Å². The van der Waals surface area contributed by atoms with Gasteiger partial charge in [0.2, 0.25) is 0 Å². The summed E-state index contributed by atoms with van der Waals surface area (Å²) in [7, 11) is 0. The van der Waals surface area contributed by atoms with Crippen molar-refractivity contribution in [1.82, 2.24) is 9.97 Å². The first-order valence-electron chi connectivity index (χ1n) is 5.65. The van der Waals surface area contributed by atoms with Crippen molar-refractivity contribution in [2.75, 3.05) is 11.9 Å². The van der Waals surface area contributed by atoms with Crippen LogP contribution in [0.3, 0.4) is 0 Å². The highest BCUT2D eigenvalue weighted by atomic mass is 15.0. The summed E-state index contributed by atoms with van der Waals surface area (Å²) in [5.41, 5.74) is 1.50. The third kappa shape index (κ3) is 2.11. The van der Waals surface area contributed by atoms with Crippen LogP contribution in [0.25, 0.3) is 0 Å². The van der Waals surface area contributed by atoms with Gasteiger partial charge in [-0.05, 0) is 31.1 Å². The van der Waals surface area contributed by atoms with Gasteiger partial charge in [-0.1, -0.05) is 13.8 Å². The molecule has 0 aromatic carbocycles. The molecule has 0 amide bonds. The van der Waals surface area contributed by atoms with Gasteiger partial charge < -0.3 is 5.32 Å². The first-order chi connectivity index (χ1) is 7.14. The predicted octanol–water partition coefficient (Wildman–Crippen LogP) is 2.63. The van der Waals surface area contributed by atoms with Crippen LogP contribution in [0, 0.1) is 18.3 Å². The second kappa shape index (κ2) is 3.80. The zero-order valence-corrected chi connectivity index (χ0v) is 9.75. The van der Waals surface area contributed by atoms with Gasteiger partial charge in [-0.2, -0.15) is 0 Å². The van der Waals surface area contributed by atoms with E-state index in [4.69, 9.17) is 0 Å². The van der Waals surface area contributed by atoms with E-state index in [1.54, 1.807) is 12.4 Å². The Morgan fingerprint density at radius 1 is 1.33 bits per heavy atom. The van der Waals surface area contributed by atoms with E-state index in [1.165, 1.54) is 12.8 Å². The summed E-state index contributed by atoms with van der Waals surface area (Å²) in [4.78, 5) is 8.51. The van der Waals surface area contributed by atoms with Crippen molar-refractivity contribution in [2.24, 2.45) is 11.3 Å². The van der Waals surface area contributed by atoms with E-state index in [0.29, 0.717) is 5.41 Å². The van der Waals surface area contributed by atoms with Gasteiger partial charge in [0.1, 0.15) is 5.82 Å². The Kier molecular flexibility index (Phi) is 2.63. The minimum Gasteiger partial charge on any atom is -0.368 e. The molecule has 0 unspecified atom stereocenters. The third-order valence-corrected chi connectivity index (χ3v) is 3.61. The van der Waals surface area contributed by atoms with Crippen LogP contribution in [-0.2, 0) is 0 Å². The summed E-state index contributed by atoms with van der Waals surface area (Å²) in [6.07, 6.45) is 6.16. The molecule has 1 aromatic rings. The fourth-order valence-corrected chi connectivity index (χ4v) is 1.96. The maximum atomic E-state index is 4.29.